The highest BCUT2D eigenvalue weighted by atomic mass is 16.1. The Morgan fingerprint density at radius 1 is 1.56 bits per heavy atom. The molecule has 0 atom stereocenters. The summed E-state index contributed by atoms with van der Waals surface area (Å²) in [6.45, 7) is 0.286. The molecule has 0 bridgehead atoms. The van der Waals surface area contributed by atoms with Gasteiger partial charge in [-0.15, -0.1) is 10.2 Å². The summed E-state index contributed by atoms with van der Waals surface area (Å²) in [5.74, 6) is 5.70. The normalized spacial score (nSPS) is 10.1. The van der Waals surface area contributed by atoms with Gasteiger partial charge < -0.3 is 15.3 Å². The molecule has 0 radical (unpaired) electrons. The van der Waals surface area contributed by atoms with Crippen molar-refractivity contribution in [3.63, 3.8) is 0 Å². The minimum atomic E-state index is -0.279. The van der Waals surface area contributed by atoms with E-state index < -0.39 is 0 Å². The zero-order valence-corrected chi connectivity index (χ0v) is 9.79. The highest BCUT2D eigenvalue weighted by Gasteiger charge is 2.11. The number of nitrogen functional groups attached to an aromatic ring is 1. The van der Waals surface area contributed by atoms with Crippen LogP contribution in [0.4, 0.5) is 5.69 Å². The van der Waals surface area contributed by atoms with Crippen LogP contribution in [0.25, 0.3) is 0 Å². The molecule has 1 amide bonds. The summed E-state index contributed by atoms with van der Waals surface area (Å²) in [6.07, 6.45) is 4.56. The van der Waals surface area contributed by atoms with Gasteiger partial charge in [0.15, 0.2) is 5.82 Å². The Kier molecular flexibility index (Phi) is 3.49. The minimum Gasteiger partial charge on any atom is -0.345 e. The number of anilines is 1. The van der Waals surface area contributed by atoms with Crippen molar-refractivity contribution >= 4 is 11.6 Å². The van der Waals surface area contributed by atoms with Crippen LogP contribution in [0.1, 0.15) is 16.2 Å². The van der Waals surface area contributed by atoms with Gasteiger partial charge in [0.1, 0.15) is 6.33 Å². The predicted octanol–water partition coefficient (Wildman–Crippen LogP) is -0.574. The van der Waals surface area contributed by atoms with Crippen molar-refractivity contribution in [3.8, 4) is 0 Å². The second kappa shape index (κ2) is 5.23. The van der Waals surface area contributed by atoms with Gasteiger partial charge in [-0.2, -0.15) is 0 Å². The molecule has 0 aliphatic carbocycles. The van der Waals surface area contributed by atoms with Crippen LogP contribution in [-0.4, -0.2) is 25.7 Å². The molecular weight excluding hydrogens is 234 g/mol. The smallest absolute Gasteiger partial charge is 0.255 e. The summed E-state index contributed by atoms with van der Waals surface area (Å²) in [5, 5.41) is 10.3. The summed E-state index contributed by atoms with van der Waals surface area (Å²) in [5.41, 5.74) is 3.34. The molecule has 0 saturated carbocycles. The largest absolute Gasteiger partial charge is 0.345 e. The molecule has 18 heavy (non-hydrogen) atoms. The average Bonchev–Trinajstić information content (AvgIpc) is 2.81. The number of nitrogens with one attached hydrogen (secondary N) is 2. The van der Waals surface area contributed by atoms with Crippen LogP contribution in [0, 0.1) is 0 Å². The number of hydrogen-bond acceptors (Lipinski definition) is 6. The molecule has 0 fully saturated rings. The molecule has 0 aliphatic rings. The molecule has 8 heteroatoms. The van der Waals surface area contributed by atoms with E-state index in [1.54, 1.807) is 30.2 Å². The first-order valence-electron chi connectivity index (χ1n) is 5.24. The van der Waals surface area contributed by atoms with Gasteiger partial charge in [0.05, 0.1) is 17.8 Å². The number of hydrogen-bond donors (Lipinski definition) is 3. The Hall–Kier alpha value is -2.48. The number of amides is 1. The number of rotatable bonds is 4. The summed E-state index contributed by atoms with van der Waals surface area (Å²) in [7, 11) is 1.80. The number of carbonyl (C=O) groups is 1. The standard InChI is InChI=1S/C10H13N7O/c1-17-6-14-16-9(17)5-13-10(18)7-4-12-3-2-8(7)15-11/h2-4,6H,5,11H2,1H3,(H,12,15)(H,13,18). The molecule has 0 spiro atoms. The minimum absolute atomic E-state index is 0.279. The zero-order valence-electron chi connectivity index (χ0n) is 9.79. The summed E-state index contributed by atoms with van der Waals surface area (Å²) < 4.78 is 1.73. The van der Waals surface area contributed by atoms with E-state index in [1.165, 1.54) is 6.20 Å². The van der Waals surface area contributed by atoms with E-state index in [0.29, 0.717) is 17.1 Å². The first-order valence-corrected chi connectivity index (χ1v) is 5.24. The summed E-state index contributed by atoms with van der Waals surface area (Å²) >= 11 is 0. The summed E-state index contributed by atoms with van der Waals surface area (Å²) in [4.78, 5) is 15.8. The number of nitrogens with zero attached hydrogens (tertiary/aromatic N) is 4. The van der Waals surface area contributed by atoms with Crippen LogP contribution in [-0.2, 0) is 13.6 Å². The molecule has 2 rings (SSSR count). The van der Waals surface area contributed by atoms with Gasteiger partial charge in [-0.05, 0) is 6.07 Å². The lowest BCUT2D eigenvalue weighted by Crippen LogP contribution is -2.26. The lowest BCUT2D eigenvalue weighted by Gasteiger charge is -2.08. The molecule has 0 aliphatic heterocycles. The van der Waals surface area contributed by atoms with E-state index >= 15 is 0 Å². The van der Waals surface area contributed by atoms with Gasteiger partial charge >= 0.3 is 0 Å². The number of hydrazine groups is 1. The molecule has 2 aromatic heterocycles. The number of aryl methyl sites for hydroxylation is 1. The van der Waals surface area contributed by atoms with Crippen molar-refractivity contribution in [1.29, 1.82) is 0 Å². The number of pyridine rings is 1. The maximum absolute atomic E-state index is 11.9. The molecule has 94 valence electrons. The molecule has 0 unspecified atom stereocenters. The topological polar surface area (TPSA) is 111 Å². The van der Waals surface area contributed by atoms with Crippen LogP contribution < -0.4 is 16.6 Å². The molecule has 0 saturated heterocycles. The number of nitrogens with two attached hydrogens (primary N) is 1. The SMILES string of the molecule is Cn1cnnc1CNC(=O)c1cnccc1NN. The lowest BCUT2D eigenvalue weighted by molar-refractivity contribution is 0.0950. The number of carbonyl (C=O) groups excluding carboxylic acids is 1. The van der Waals surface area contributed by atoms with E-state index in [4.69, 9.17) is 5.84 Å². The third-order valence-corrected chi connectivity index (χ3v) is 2.43. The Morgan fingerprint density at radius 3 is 3.06 bits per heavy atom. The van der Waals surface area contributed by atoms with Crippen molar-refractivity contribution in [1.82, 2.24) is 25.1 Å². The fourth-order valence-electron chi connectivity index (χ4n) is 1.42. The van der Waals surface area contributed by atoms with Gasteiger partial charge in [0.25, 0.3) is 5.91 Å². The van der Waals surface area contributed by atoms with Crippen LogP contribution in [0.15, 0.2) is 24.8 Å². The molecule has 4 N–H and O–H groups in total. The van der Waals surface area contributed by atoms with Crippen LogP contribution in [0.5, 0.6) is 0 Å². The van der Waals surface area contributed by atoms with Gasteiger partial charge in [-0.1, -0.05) is 0 Å². The Bertz CT molecular complexity index is 551. The molecule has 8 nitrogen and oxygen atoms in total. The Balaban J connectivity index is 2.06. The molecule has 2 aromatic rings. The Labute approximate surface area is 103 Å². The zero-order chi connectivity index (χ0) is 13.0. The quantitative estimate of drug-likeness (QED) is 0.492. The lowest BCUT2D eigenvalue weighted by atomic mass is 10.2. The van der Waals surface area contributed by atoms with Gasteiger partial charge in [-0.25, -0.2) is 0 Å². The second-order valence-corrected chi connectivity index (χ2v) is 3.61. The van der Waals surface area contributed by atoms with Gasteiger partial charge in [0.2, 0.25) is 0 Å². The molecule has 2 heterocycles. The fourth-order valence-corrected chi connectivity index (χ4v) is 1.42. The third-order valence-electron chi connectivity index (χ3n) is 2.43. The monoisotopic (exact) mass is 247 g/mol. The third kappa shape index (κ3) is 2.43. The maximum Gasteiger partial charge on any atom is 0.255 e. The van der Waals surface area contributed by atoms with E-state index in [2.05, 4.69) is 25.9 Å². The van der Waals surface area contributed by atoms with Crippen molar-refractivity contribution < 1.29 is 4.79 Å². The van der Waals surface area contributed by atoms with Crippen LogP contribution in [0.3, 0.4) is 0 Å². The van der Waals surface area contributed by atoms with E-state index in [9.17, 15) is 4.79 Å². The van der Waals surface area contributed by atoms with Crippen LogP contribution >= 0.6 is 0 Å². The predicted molar refractivity (Wildman–Crippen MR) is 64.2 cm³/mol. The molecular formula is C10H13N7O. The van der Waals surface area contributed by atoms with E-state index in [-0.39, 0.29) is 12.5 Å². The van der Waals surface area contributed by atoms with E-state index in [1.807, 2.05) is 0 Å². The van der Waals surface area contributed by atoms with Crippen LogP contribution in [0.2, 0.25) is 0 Å². The van der Waals surface area contributed by atoms with Gasteiger partial charge in [0, 0.05) is 19.4 Å². The number of aromatic nitrogens is 4. The maximum atomic E-state index is 11.9. The average molecular weight is 247 g/mol. The summed E-state index contributed by atoms with van der Waals surface area (Å²) in [6, 6.07) is 1.62. The Morgan fingerprint density at radius 2 is 2.39 bits per heavy atom. The van der Waals surface area contributed by atoms with E-state index in [0.717, 1.165) is 0 Å². The van der Waals surface area contributed by atoms with Gasteiger partial charge in [-0.3, -0.25) is 15.6 Å². The molecule has 0 aromatic carbocycles. The van der Waals surface area contributed by atoms with Crippen molar-refractivity contribution in [2.75, 3.05) is 5.43 Å². The van der Waals surface area contributed by atoms with Crippen molar-refractivity contribution in [3.05, 3.63) is 36.2 Å². The highest BCUT2D eigenvalue weighted by Crippen LogP contribution is 2.11. The first kappa shape index (κ1) is 12.0. The first-order chi connectivity index (χ1) is 8.72. The van der Waals surface area contributed by atoms with Crippen molar-refractivity contribution in [2.24, 2.45) is 12.9 Å². The van der Waals surface area contributed by atoms with Crippen molar-refractivity contribution in [2.45, 2.75) is 6.54 Å². The fraction of sp³-hybridized carbons (Fsp3) is 0.200. The second-order valence-electron chi connectivity index (χ2n) is 3.61. The highest BCUT2D eigenvalue weighted by molar-refractivity contribution is 5.99.